The predicted octanol–water partition coefficient (Wildman–Crippen LogP) is 7.59. The summed E-state index contributed by atoms with van der Waals surface area (Å²) in [6.07, 6.45) is -0.296. The Labute approximate surface area is 272 Å². The van der Waals surface area contributed by atoms with E-state index in [1.165, 1.54) is 0 Å². The zero-order valence-corrected chi connectivity index (χ0v) is 26.3. The van der Waals surface area contributed by atoms with Crippen molar-refractivity contribution in [2.75, 3.05) is 13.2 Å². The van der Waals surface area contributed by atoms with Gasteiger partial charge in [-0.2, -0.15) is 0 Å². The highest BCUT2D eigenvalue weighted by molar-refractivity contribution is 5.39. The van der Waals surface area contributed by atoms with Crippen molar-refractivity contribution in [1.29, 1.82) is 0 Å². The molecule has 0 radical (unpaired) electrons. The molecule has 0 aliphatic carbocycles. The molecule has 0 aromatic heterocycles. The van der Waals surface area contributed by atoms with Crippen LogP contribution in [-0.4, -0.2) is 43.4 Å². The van der Waals surface area contributed by atoms with Crippen LogP contribution >= 0.6 is 0 Å². The van der Waals surface area contributed by atoms with Crippen LogP contribution in [0.25, 0.3) is 0 Å². The summed E-state index contributed by atoms with van der Waals surface area (Å²) in [5, 5.41) is 0. The Bertz CT molecular complexity index is 1540. The second-order valence-corrected chi connectivity index (χ2v) is 11.8. The normalized spacial score (nSPS) is 24.2. The van der Waals surface area contributed by atoms with E-state index in [1.54, 1.807) is 0 Å². The number of hydrogen-bond acceptors (Lipinski definition) is 6. The van der Waals surface area contributed by atoms with Crippen molar-refractivity contribution in [3.8, 4) is 0 Å². The number of rotatable bonds is 14. The highest BCUT2D eigenvalue weighted by Gasteiger charge is 2.61. The van der Waals surface area contributed by atoms with E-state index < -0.39 is 30.2 Å². The minimum atomic E-state index is -1.25. The van der Waals surface area contributed by atoms with Gasteiger partial charge in [-0.25, -0.2) is 0 Å². The van der Waals surface area contributed by atoms with E-state index in [2.05, 4.69) is 30.8 Å². The third-order valence-electron chi connectivity index (χ3n) is 8.35. The largest absolute Gasteiger partial charge is 0.374 e. The number of benzene rings is 4. The molecule has 6 heteroatoms. The molecular weight excluding hydrogens is 576 g/mol. The fourth-order valence-corrected chi connectivity index (χ4v) is 6.11. The lowest BCUT2D eigenvalue weighted by Gasteiger charge is -2.51. The zero-order valence-electron chi connectivity index (χ0n) is 26.3. The van der Waals surface area contributed by atoms with Gasteiger partial charge < -0.3 is 28.4 Å². The SMILES string of the molecule is C=C(C)C1=CCO[C@]12O[C@H](COCc1ccccc1)[C@@H](OCc1ccccc1)[C@H](OCc1ccccc1)[C@H]2OCc1ccccc1. The van der Waals surface area contributed by atoms with E-state index >= 15 is 0 Å². The summed E-state index contributed by atoms with van der Waals surface area (Å²) in [6, 6.07) is 40.5. The average Bonchev–Trinajstić information content (AvgIpc) is 3.52. The quantitative estimate of drug-likeness (QED) is 0.145. The van der Waals surface area contributed by atoms with E-state index in [0.29, 0.717) is 33.0 Å². The summed E-state index contributed by atoms with van der Waals surface area (Å²) in [5.41, 5.74) is 5.92. The number of hydrogen-bond donors (Lipinski definition) is 0. The molecule has 0 unspecified atom stereocenters. The van der Waals surface area contributed by atoms with Gasteiger partial charge in [0.05, 0.1) is 39.6 Å². The van der Waals surface area contributed by atoms with Crippen LogP contribution in [0.4, 0.5) is 0 Å². The van der Waals surface area contributed by atoms with Crippen LogP contribution in [0.15, 0.2) is 145 Å². The van der Waals surface area contributed by atoms with Crippen molar-refractivity contribution in [2.45, 2.75) is 63.6 Å². The predicted molar refractivity (Wildman–Crippen MR) is 178 cm³/mol. The maximum atomic E-state index is 7.02. The van der Waals surface area contributed by atoms with Gasteiger partial charge in [-0.3, -0.25) is 0 Å². The van der Waals surface area contributed by atoms with Gasteiger partial charge in [-0.15, -0.1) is 0 Å². The molecule has 2 heterocycles. The molecule has 0 amide bonds. The highest BCUT2D eigenvalue weighted by Crippen LogP contribution is 2.46. The van der Waals surface area contributed by atoms with Crippen molar-refractivity contribution in [2.24, 2.45) is 0 Å². The Balaban J connectivity index is 1.36. The third-order valence-corrected chi connectivity index (χ3v) is 8.35. The van der Waals surface area contributed by atoms with Crippen molar-refractivity contribution in [3.05, 3.63) is 167 Å². The summed E-state index contributed by atoms with van der Waals surface area (Å²) >= 11 is 0. The Morgan fingerprint density at radius 2 is 1.11 bits per heavy atom. The molecule has 4 aromatic carbocycles. The van der Waals surface area contributed by atoms with Gasteiger partial charge in [-0.05, 0) is 40.8 Å². The van der Waals surface area contributed by atoms with Gasteiger partial charge in [0, 0.05) is 5.57 Å². The monoisotopic (exact) mass is 618 g/mol. The van der Waals surface area contributed by atoms with Crippen molar-refractivity contribution < 1.29 is 28.4 Å². The Kier molecular flexibility index (Phi) is 10.9. The van der Waals surface area contributed by atoms with E-state index in [-0.39, 0.29) is 6.61 Å². The molecule has 1 fully saturated rings. The molecular formula is C40H42O6. The summed E-state index contributed by atoms with van der Waals surface area (Å²) < 4.78 is 40.3. The summed E-state index contributed by atoms with van der Waals surface area (Å²) in [7, 11) is 0. The first-order valence-corrected chi connectivity index (χ1v) is 15.9. The molecule has 0 N–H and O–H groups in total. The standard InChI is InChI=1S/C40H42O6/c1-30(2)35-23-24-45-40(35)39(44-28-34-21-13-6-14-22-34)38(43-27-33-19-11-5-12-20-33)37(42-26-32-17-9-4-10-18-32)36(46-40)29-41-25-31-15-7-3-8-16-31/h3-23,36-39H,1,24-29H2,2H3/t36-,37-,38+,39-,40+/m1/s1. The highest BCUT2D eigenvalue weighted by atomic mass is 16.7. The Morgan fingerprint density at radius 3 is 1.61 bits per heavy atom. The molecule has 1 saturated heterocycles. The van der Waals surface area contributed by atoms with Gasteiger partial charge in [0.1, 0.15) is 24.4 Å². The topological polar surface area (TPSA) is 55.4 Å². The summed E-state index contributed by atoms with van der Waals surface area (Å²) in [5.74, 6) is -1.25. The van der Waals surface area contributed by atoms with Crippen LogP contribution in [0.1, 0.15) is 29.2 Å². The molecule has 2 aliphatic heterocycles. The first-order valence-electron chi connectivity index (χ1n) is 15.9. The van der Waals surface area contributed by atoms with E-state index in [4.69, 9.17) is 28.4 Å². The van der Waals surface area contributed by atoms with Gasteiger partial charge >= 0.3 is 0 Å². The third kappa shape index (κ3) is 7.73. The lowest BCUT2D eigenvalue weighted by molar-refractivity contribution is -0.360. The molecule has 0 bridgehead atoms. The van der Waals surface area contributed by atoms with Gasteiger partial charge in [-0.1, -0.05) is 128 Å². The lowest BCUT2D eigenvalue weighted by Crippen LogP contribution is -2.68. The van der Waals surface area contributed by atoms with Crippen LogP contribution in [-0.2, 0) is 54.8 Å². The van der Waals surface area contributed by atoms with Crippen molar-refractivity contribution in [1.82, 2.24) is 0 Å². The minimum absolute atomic E-state index is 0.263. The molecule has 46 heavy (non-hydrogen) atoms. The van der Waals surface area contributed by atoms with Crippen LogP contribution in [0.5, 0.6) is 0 Å². The van der Waals surface area contributed by atoms with Crippen LogP contribution in [0.3, 0.4) is 0 Å². The van der Waals surface area contributed by atoms with E-state index in [1.807, 2.05) is 110 Å². The fraction of sp³-hybridized carbons (Fsp3) is 0.300. The van der Waals surface area contributed by atoms with E-state index in [9.17, 15) is 0 Å². The second-order valence-electron chi connectivity index (χ2n) is 11.8. The maximum absolute atomic E-state index is 7.02. The number of ether oxygens (including phenoxy) is 6. The molecule has 4 aromatic rings. The first-order chi connectivity index (χ1) is 22.6. The summed E-state index contributed by atoms with van der Waals surface area (Å²) in [6.45, 7) is 8.41. The Hall–Kier alpha value is -3.88. The molecule has 238 valence electrons. The summed E-state index contributed by atoms with van der Waals surface area (Å²) in [4.78, 5) is 0. The van der Waals surface area contributed by atoms with Crippen molar-refractivity contribution in [3.63, 3.8) is 0 Å². The lowest BCUT2D eigenvalue weighted by atomic mass is 9.85. The minimum Gasteiger partial charge on any atom is -0.374 e. The van der Waals surface area contributed by atoms with Gasteiger partial charge in [0.15, 0.2) is 0 Å². The first kappa shape index (κ1) is 32.1. The molecule has 2 aliphatic rings. The smallest absolute Gasteiger partial charge is 0.225 e. The molecule has 6 nitrogen and oxygen atoms in total. The zero-order chi connectivity index (χ0) is 31.6. The van der Waals surface area contributed by atoms with Crippen LogP contribution < -0.4 is 0 Å². The second kappa shape index (κ2) is 15.6. The van der Waals surface area contributed by atoms with Crippen LogP contribution in [0.2, 0.25) is 0 Å². The van der Waals surface area contributed by atoms with Gasteiger partial charge in [0.25, 0.3) is 0 Å². The average molecular weight is 619 g/mol. The van der Waals surface area contributed by atoms with E-state index in [0.717, 1.165) is 33.4 Å². The van der Waals surface area contributed by atoms with Gasteiger partial charge in [0.2, 0.25) is 5.79 Å². The molecule has 0 saturated carbocycles. The maximum Gasteiger partial charge on any atom is 0.225 e. The van der Waals surface area contributed by atoms with Crippen molar-refractivity contribution >= 4 is 0 Å². The molecule has 6 rings (SSSR count). The molecule has 5 atom stereocenters. The Morgan fingerprint density at radius 1 is 0.652 bits per heavy atom. The fourth-order valence-electron chi connectivity index (χ4n) is 6.11. The molecule has 1 spiro atoms. The van der Waals surface area contributed by atoms with Crippen LogP contribution in [0, 0.1) is 0 Å².